The summed E-state index contributed by atoms with van der Waals surface area (Å²) in [7, 11) is 2.07. The number of anilines is 1. The SMILES string of the molecule is CCCC(N)C(=O)Nc1ccc(CC(=O)N2CCN(C)CC2)cc1.Cl. The number of amides is 2. The Morgan fingerprint density at radius 3 is 2.32 bits per heavy atom. The van der Waals surface area contributed by atoms with E-state index in [2.05, 4.69) is 17.3 Å². The third-order valence-corrected chi connectivity index (χ3v) is 4.37. The van der Waals surface area contributed by atoms with E-state index in [1.807, 2.05) is 36.1 Å². The van der Waals surface area contributed by atoms with Crippen LogP contribution in [0, 0.1) is 0 Å². The summed E-state index contributed by atoms with van der Waals surface area (Å²) >= 11 is 0. The van der Waals surface area contributed by atoms with Crippen molar-refractivity contribution in [1.82, 2.24) is 9.80 Å². The molecule has 6 nitrogen and oxygen atoms in total. The molecule has 0 spiro atoms. The van der Waals surface area contributed by atoms with E-state index in [-0.39, 0.29) is 24.2 Å². The minimum atomic E-state index is -0.478. The zero-order chi connectivity index (χ0) is 17.5. The Bertz CT molecular complexity index is 557. The fourth-order valence-corrected chi connectivity index (χ4v) is 2.73. The molecular formula is C18H29ClN4O2. The van der Waals surface area contributed by atoms with E-state index in [0.29, 0.717) is 18.5 Å². The van der Waals surface area contributed by atoms with Crippen molar-refractivity contribution in [3.63, 3.8) is 0 Å². The molecule has 0 bridgehead atoms. The normalized spacial score (nSPS) is 16.0. The maximum absolute atomic E-state index is 12.3. The van der Waals surface area contributed by atoms with Crippen LogP contribution in [-0.4, -0.2) is 60.9 Å². The van der Waals surface area contributed by atoms with Crippen molar-refractivity contribution in [2.24, 2.45) is 5.73 Å². The number of nitrogens with one attached hydrogen (secondary N) is 1. The predicted octanol–water partition coefficient (Wildman–Crippen LogP) is 1.49. The summed E-state index contributed by atoms with van der Waals surface area (Å²) in [5.41, 5.74) is 7.46. The van der Waals surface area contributed by atoms with Crippen molar-refractivity contribution in [1.29, 1.82) is 0 Å². The van der Waals surface area contributed by atoms with Gasteiger partial charge in [-0.05, 0) is 31.2 Å². The summed E-state index contributed by atoms with van der Waals surface area (Å²) in [4.78, 5) is 28.4. The number of likely N-dealkylation sites (N-methyl/N-ethyl adjacent to an activating group) is 1. The van der Waals surface area contributed by atoms with Gasteiger partial charge in [0.2, 0.25) is 11.8 Å². The second-order valence-electron chi connectivity index (χ2n) is 6.44. The highest BCUT2D eigenvalue weighted by Gasteiger charge is 2.19. The quantitative estimate of drug-likeness (QED) is 0.797. The summed E-state index contributed by atoms with van der Waals surface area (Å²) in [5.74, 6) is -0.0111. The molecule has 7 heteroatoms. The van der Waals surface area contributed by atoms with Crippen LogP contribution in [0.5, 0.6) is 0 Å². The van der Waals surface area contributed by atoms with Gasteiger partial charge in [0, 0.05) is 31.9 Å². The van der Waals surface area contributed by atoms with Crippen LogP contribution < -0.4 is 11.1 Å². The first-order valence-corrected chi connectivity index (χ1v) is 8.61. The van der Waals surface area contributed by atoms with Gasteiger partial charge < -0.3 is 20.9 Å². The summed E-state index contributed by atoms with van der Waals surface area (Å²) in [6.45, 7) is 5.43. The molecular weight excluding hydrogens is 340 g/mol. The molecule has 0 radical (unpaired) electrons. The van der Waals surface area contributed by atoms with Crippen LogP contribution in [0.4, 0.5) is 5.69 Å². The predicted molar refractivity (Wildman–Crippen MR) is 103 cm³/mol. The Morgan fingerprint density at radius 2 is 1.76 bits per heavy atom. The number of nitrogens with two attached hydrogens (primary N) is 1. The Hall–Kier alpha value is -1.63. The van der Waals surface area contributed by atoms with Crippen molar-refractivity contribution in [2.75, 3.05) is 38.5 Å². The molecule has 0 aliphatic carbocycles. The molecule has 3 N–H and O–H groups in total. The summed E-state index contributed by atoms with van der Waals surface area (Å²) in [6, 6.07) is 6.93. The number of rotatable bonds is 6. The largest absolute Gasteiger partial charge is 0.340 e. The van der Waals surface area contributed by atoms with E-state index < -0.39 is 6.04 Å². The molecule has 1 aliphatic rings. The summed E-state index contributed by atoms with van der Waals surface area (Å²) in [6.07, 6.45) is 1.94. The summed E-state index contributed by atoms with van der Waals surface area (Å²) < 4.78 is 0. The lowest BCUT2D eigenvalue weighted by Crippen LogP contribution is -2.47. The van der Waals surface area contributed by atoms with Gasteiger partial charge in [-0.1, -0.05) is 25.5 Å². The Kier molecular flexibility index (Phi) is 8.89. The van der Waals surface area contributed by atoms with Gasteiger partial charge in [-0.2, -0.15) is 0 Å². The average Bonchev–Trinajstić information content (AvgIpc) is 2.57. The van der Waals surface area contributed by atoms with Gasteiger partial charge in [0.1, 0.15) is 0 Å². The molecule has 1 saturated heterocycles. The topological polar surface area (TPSA) is 78.7 Å². The molecule has 1 aromatic rings. The van der Waals surface area contributed by atoms with Crippen molar-refractivity contribution >= 4 is 29.9 Å². The minimum Gasteiger partial charge on any atom is -0.340 e. The van der Waals surface area contributed by atoms with Crippen molar-refractivity contribution in [3.05, 3.63) is 29.8 Å². The van der Waals surface area contributed by atoms with Gasteiger partial charge in [0.05, 0.1) is 12.5 Å². The van der Waals surface area contributed by atoms with E-state index in [9.17, 15) is 9.59 Å². The van der Waals surface area contributed by atoms with E-state index in [1.54, 1.807) is 0 Å². The number of carbonyl (C=O) groups is 2. The molecule has 1 aliphatic heterocycles. The fourth-order valence-electron chi connectivity index (χ4n) is 2.73. The Morgan fingerprint density at radius 1 is 1.16 bits per heavy atom. The molecule has 1 unspecified atom stereocenters. The lowest BCUT2D eigenvalue weighted by Gasteiger charge is -2.32. The van der Waals surface area contributed by atoms with Gasteiger partial charge >= 0.3 is 0 Å². The van der Waals surface area contributed by atoms with Crippen LogP contribution in [0.1, 0.15) is 25.3 Å². The first kappa shape index (κ1) is 21.4. The van der Waals surface area contributed by atoms with Gasteiger partial charge in [-0.25, -0.2) is 0 Å². The highest BCUT2D eigenvalue weighted by molar-refractivity contribution is 5.94. The van der Waals surface area contributed by atoms with Gasteiger partial charge in [-0.3, -0.25) is 9.59 Å². The zero-order valence-corrected chi connectivity index (χ0v) is 15.8. The first-order valence-electron chi connectivity index (χ1n) is 8.61. The van der Waals surface area contributed by atoms with Crippen LogP contribution in [0.15, 0.2) is 24.3 Å². The molecule has 140 valence electrons. The number of benzene rings is 1. The number of halogens is 1. The van der Waals surface area contributed by atoms with Gasteiger partial charge in [0.15, 0.2) is 0 Å². The van der Waals surface area contributed by atoms with E-state index >= 15 is 0 Å². The second kappa shape index (κ2) is 10.4. The van der Waals surface area contributed by atoms with Crippen LogP contribution in [0.3, 0.4) is 0 Å². The maximum Gasteiger partial charge on any atom is 0.241 e. The highest BCUT2D eigenvalue weighted by Crippen LogP contribution is 2.12. The van der Waals surface area contributed by atoms with Crippen molar-refractivity contribution in [2.45, 2.75) is 32.2 Å². The number of carbonyl (C=O) groups excluding carboxylic acids is 2. The average molecular weight is 369 g/mol. The molecule has 1 heterocycles. The molecule has 2 amide bonds. The lowest BCUT2D eigenvalue weighted by molar-refractivity contribution is -0.132. The Balaban J connectivity index is 0.00000312. The third kappa shape index (κ3) is 6.65. The molecule has 0 aromatic heterocycles. The standard InChI is InChI=1S/C18H28N4O2.ClH/c1-3-4-16(19)18(24)20-15-7-5-14(6-8-15)13-17(23)22-11-9-21(2)10-12-22;/h5-8,16H,3-4,9-13,19H2,1-2H3,(H,20,24);1H. The van der Waals surface area contributed by atoms with Gasteiger partial charge in [0.25, 0.3) is 0 Å². The minimum absolute atomic E-state index is 0. The molecule has 0 saturated carbocycles. The summed E-state index contributed by atoms with van der Waals surface area (Å²) in [5, 5.41) is 2.81. The lowest BCUT2D eigenvalue weighted by atomic mass is 10.1. The fraction of sp³-hybridized carbons (Fsp3) is 0.556. The van der Waals surface area contributed by atoms with Crippen LogP contribution in [0.2, 0.25) is 0 Å². The molecule has 1 aromatic carbocycles. The smallest absolute Gasteiger partial charge is 0.241 e. The number of piperazine rings is 1. The number of nitrogens with zero attached hydrogens (tertiary/aromatic N) is 2. The molecule has 1 atom stereocenters. The van der Waals surface area contributed by atoms with E-state index in [0.717, 1.165) is 38.2 Å². The second-order valence-corrected chi connectivity index (χ2v) is 6.44. The van der Waals surface area contributed by atoms with Crippen molar-refractivity contribution in [3.8, 4) is 0 Å². The third-order valence-electron chi connectivity index (χ3n) is 4.37. The van der Waals surface area contributed by atoms with Crippen LogP contribution in [-0.2, 0) is 16.0 Å². The van der Waals surface area contributed by atoms with Gasteiger partial charge in [-0.15, -0.1) is 12.4 Å². The number of hydrogen-bond acceptors (Lipinski definition) is 4. The molecule has 2 rings (SSSR count). The van der Waals surface area contributed by atoms with E-state index in [1.165, 1.54) is 0 Å². The van der Waals surface area contributed by atoms with E-state index in [4.69, 9.17) is 5.73 Å². The van der Waals surface area contributed by atoms with Crippen molar-refractivity contribution < 1.29 is 9.59 Å². The Labute approximate surface area is 156 Å². The highest BCUT2D eigenvalue weighted by atomic mass is 35.5. The van der Waals surface area contributed by atoms with Crippen LogP contribution >= 0.6 is 12.4 Å². The monoisotopic (exact) mass is 368 g/mol. The zero-order valence-electron chi connectivity index (χ0n) is 15.0. The maximum atomic E-state index is 12.3. The molecule has 25 heavy (non-hydrogen) atoms. The number of hydrogen-bond donors (Lipinski definition) is 2. The first-order chi connectivity index (χ1) is 11.5. The molecule has 1 fully saturated rings. The van der Waals surface area contributed by atoms with Crippen LogP contribution in [0.25, 0.3) is 0 Å².